The number of hydrogen-bond donors (Lipinski definition) is 1. The van der Waals surface area contributed by atoms with Crippen LogP contribution in [0.15, 0.2) is 28.7 Å². The molecule has 0 radical (unpaired) electrons. The molecule has 1 N–H and O–H groups in total. The van der Waals surface area contributed by atoms with Crippen LogP contribution < -0.4 is 0 Å². The number of benzene rings is 1. The van der Waals surface area contributed by atoms with E-state index in [0.29, 0.717) is 30.5 Å². The van der Waals surface area contributed by atoms with Crippen LogP contribution in [0.3, 0.4) is 0 Å². The van der Waals surface area contributed by atoms with Crippen LogP contribution in [0.4, 0.5) is 0 Å². The van der Waals surface area contributed by atoms with Crippen molar-refractivity contribution < 1.29 is 14.3 Å². The van der Waals surface area contributed by atoms with Crippen LogP contribution in [0.5, 0.6) is 0 Å². The van der Waals surface area contributed by atoms with Gasteiger partial charge in [-0.2, -0.15) is 0 Å². The first-order chi connectivity index (χ1) is 10.1. The Balaban J connectivity index is 1.94. The SMILES string of the molecule is CC(C)c1ccc(-c2nnc(CCCCC(=O)O)o2)cc1. The van der Waals surface area contributed by atoms with Gasteiger partial charge in [-0.05, 0) is 36.5 Å². The summed E-state index contributed by atoms with van der Waals surface area (Å²) in [6, 6.07) is 8.10. The van der Waals surface area contributed by atoms with E-state index in [4.69, 9.17) is 9.52 Å². The first kappa shape index (κ1) is 15.2. The summed E-state index contributed by atoms with van der Waals surface area (Å²) in [6.07, 6.45) is 2.15. The zero-order valence-electron chi connectivity index (χ0n) is 12.4. The average molecular weight is 288 g/mol. The smallest absolute Gasteiger partial charge is 0.303 e. The van der Waals surface area contributed by atoms with Gasteiger partial charge in [0.2, 0.25) is 11.8 Å². The van der Waals surface area contributed by atoms with E-state index >= 15 is 0 Å². The third-order valence-corrected chi connectivity index (χ3v) is 3.32. The molecule has 0 fully saturated rings. The number of hydrogen-bond acceptors (Lipinski definition) is 4. The number of rotatable bonds is 7. The van der Waals surface area contributed by atoms with E-state index in [9.17, 15) is 4.79 Å². The maximum atomic E-state index is 10.4. The molecule has 2 aromatic rings. The minimum absolute atomic E-state index is 0.178. The largest absolute Gasteiger partial charge is 0.481 e. The molecule has 0 bridgehead atoms. The number of unbranched alkanes of at least 4 members (excludes halogenated alkanes) is 1. The van der Waals surface area contributed by atoms with Gasteiger partial charge < -0.3 is 9.52 Å². The Morgan fingerprint density at radius 1 is 1.19 bits per heavy atom. The molecule has 0 unspecified atom stereocenters. The summed E-state index contributed by atoms with van der Waals surface area (Å²) in [5.41, 5.74) is 2.18. The Bertz CT molecular complexity index is 588. The lowest BCUT2D eigenvalue weighted by Gasteiger charge is -2.04. The van der Waals surface area contributed by atoms with E-state index in [-0.39, 0.29) is 6.42 Å². The second kappa shape index (κ2) is 7.02. The van der Waals surface area contributed by atoms with Crippen molar-refractivity contribution in [1.29, 1.82) is 0 Å². The highest BCUT2D eigenvalue weighted by Crippen LogP contribution is 2.22. The van der Waals surface area contributed by atoms with Gasteiger partial charge in [-0.1, -0.05) is 26.0 Å². The minimum Gasteiger partial charge on any atom is -0.481 e. The second-order valence-electron chi connectivity index (χ2n) is 5.38. The van der Waals surface area contributed by atoms with Gasteiger partial charge >= 0.3 is 5.97 Å². The number of nitrogens with zero attached hydrogens (tertiary/aromatic N) is 2. The zero-order chi connectivity index (χ0) is 15.2. The normalized spacial score (nSPS) is 11.0. The standard InChI is InChI=1S/C16H20N2O3/c1-11(2)12-7-9-13(10-8-12)16-18-17-14(21-16)5-3-4-6-15(19)20/h7-11H,3-6H2,1-2H3,(H,19,20). The molecule has 0 aliphatic rings. The molecule has 2 rings (SSSR count). The molecule has 0 saturated heterocycles. The quantitative estimate of drug-likeness (QED) is 0.787. The predicted molar refractivity (Wildman–Crippen MR) is 79.0 cm³/mol. The molecule has 21 heavy (non-hydrogen) atoms. The summed E-state index contributed by atoms with van der Waals surface area (Å²) in [5, 5.41) is 16.6. The summed E-state index contributed by atoms with van der Waals surface area (Å²) >= 11 is 0. The Hall–Kier alpha value is -2.17. The van der Waals surface area contributed by atoms with Crippen LogP contribution in [0, 0.1) is 0 Å². The molecule has 0 amide bonds. The summed E-state index contributed by atoms with van der Waals surface area (Å²) in [4.78, 5) is 10.4. The van der Waals surface area contributed by atoms with Gasteiger partial charge in [0, 0.05) is 18.4 Å². The monoisotopic (exact) mass is 288 g/mol. The lowest BCUT2D eigenvalue weighted by molar-refractivity contribution is -0.137. The third-order valence-electron chi connectivity index (χ3n) is 3.32. The van der Waals surface area contributed by atoms with Crippen molar-refractivity contribution in [2.75, 3.05) is 0 Å². The molecule has 0 spiro atoms. The predicted octanol–water partition coefficient (Wildman–Crippen LogP) is 3.66. The van der Waals surface area contributed by atoms with Gasteiger partial charge in [0.1, 0.15) is 0 Å². The van der Waals surface area contributed by atoms with Crippen LogP contribution >= 0.6 is 0 Å². The molecular formula is C16H20N2O3. The lowest BCUT2D eigenvalue weighted by atomic mass is 10.0. The molecular weight excluding hydrogens is 268 g/mol. The van der Waals surface area contributed by atoms with E-state index in [1.165, 1.54) is 5.56 Å². The fourth-order valence-corrected chi connectivity index (χ4v) is 2.03. The molecule has 0 saturated carbocycles. The first-order valence-corrected chi connectivity index (χ1v) is 7.21. The van der Waals surface area contributed by atoms with Crippen molar-refractivity contribution in [3.63, 3.8) is 0 Å². The van der Waals surface area contributed by atoms with E-state index in [0.717, 1.165) is 12.0 Å². The van der Waals surface area contributed by atoms with Crippen LogP contribution in [0.2, 0.25) is 0 Å². The van der Waals surface area contributed by atoms with Crippen molar-refractivity contribution in [3.8, 4) is 11.5 Å². The number of carboxylic acids is 1. The fraction of sp³-hybridized carbons (Fsp3) is 0.438. The maximum absolute atomic E-state index is 10.4. The highest BCUT2D eigenvalue weighted by Gasteiger charge is 2.09. The number of aliphatic carboxylic acids is 1. The topological polar surface area (TPSA) is 76.2 Å². The van der Waals surface area contributed by atoms with Crippen molar-refractivity contribution in [2.45, 2.75) is 45.4 Å². The number of aryl methyl sites for hydroxylation is 1. The molecule has 1 aromatic heterocycles. The van der Waals surface area contributed by atoms with Crippen molar-refractivity contribution >= 4 is 5.97 Å². The number of aromatic nitrogens is 2. The van der Waals surface area contributed by atoms with E-state index in [1.807, 2.05) is 12.1 Å². The Labute approximate surface area is 124 Å². The first-order valence-electron chi connectivity index (χ1n) is 7.21. The number of carboxylic acid groups (broad SMARTS) is 1. The Morgan fingerprint density at radius 2 is 1.90 bits per heavy atom. The average Bonchev–Trinajstić information content (AvgIpc) is 2.92. The van der Waals surface area contributed by atoms with Gasteiger partial charge in [0.05, 0.1) is 0 Å². The minimum atomic E-state index is -0.772. The number of carbonyl (C=O) groups is 1. The molecule has 5 heteroatoms. The fourth-order valence-electron chi connectivity index (χ4n) is 2.03. The molecule has 0 atom stereocenters. The van der Waals surface area contributed by atoms with E-state index in [2.05, 4.69) is 36.2 Å². The highest BCUT2D eigenvalue weighted by molar-refractivity contribution is 5.66. The summed E-state index contributed by atoms with van der Waals surface area (Å²) in [5.74, 6) is 0.792. The Morgan fingerprint density at radius 3 is 2.52 bits per heavy atom. The molecule has 5 nitrogen and oxygen atoms in total. The van der Waals surface area contributed by atoms with Gasteiger partial charge in [-0.3, -0.25) is 4.79 Å². The van der Waals surface area contributed by atoms with Gasteiger partial charge in [-0.15, -0.1) is 10.2 Å². The zero-order valence-corrected chi connectivity index (χ0v) is 12.4. The van der Waals surface area contributed by atoms with Crippen LogP contribution in [0.1, 0.15) is 50.5 Å². The maximum Gasteiger partial charge on any atom is 0.303 e. The summed E-state index contributed by atoms with van der Waals surface area (Å²) in [7, 11) is 0. The molecule has 0 aliphatic carbocycles. The Kier molecular flexibility index (Phi) is 5.09. The van der Waals surface area contributed by atoms with Crippen molar-refractivity contribution in [1.82, 2.24) is 10.2 Å². The molecule has 1 heterocycles. The summed E-state index contributed by atoms with van der Waals surface area (Å²) < 4.78 is 5.61. The van der Waals surface area contributed by atoms with Crippen molar-refractivity contribution in [3.05, 3.63) is 35.7 Å². The summed E-state index contributed by atoms with van der Waals surface area (Å²) in [6.45, 7) is 4.30. The highest BCUT2D eigenvalue weighted by atomic mass is 16.4. The van der Waals surface area contributed by atoms with Gasteiger partial charge in [-0.25, -0.2) is 0 Å². The van der Waals surface area contributed by atoms with E-state index in [1.54, 1.807) is 0 Å². The second-order valence-corrected chi connectivity index (χ2v) is 5.38. The lowest BCUT2D eigenvalue weighted by Crippen LogP contribution is -1.95. The third kappa shape index (κ3) is 4.41. The van der Waals surface area contributed by atoms with Crippen molar-refractivity contribution in [2.24, 2.45) is 0 Å². The molecule has 1 aromatic carbocycles. The van der Waals surface area contributed by atoms with Gasteiger partial charge in [0.15, 0.2) is 0 Å². The molecule has 112 valence electrons. The van der Waals surface area contributed by atoms with Crippen LogP contribution in [0.25, 0.3) is 11.5 Å². The molecule has 0 aliphatic heterocycles. The van der Waals surface area contributed by atoms with Crippen LogP contribution in [-0.4, -0.2) is 21.3 Å². The van der Waals surface area contributed by atoms with Crippen LogP contribution in [-0.2, 0) is 11.2 Å². The van der Waals surface area contributed by atoms with Gasteiger partial charge in [0.25, 0.3) is 0 Å². The van der Waals surface area contributed by atoms with E-state index < -0.39 is 5.97 Å².